The fraction of sp³-hybridized carbons (Fsp3) is 0.357. The molecule has 1 unspecified atom stereocenters. The molecule has 2 aliphatic heterocycles. The molecule has 7 heteroatoms. The van der Waals surface area contributed by atoms with Crippen molar-refractivity contribution < 1.29 is 19.5 Å². The van der Waals surface area contributed by atoms with Gasteiger partial charge in [-0.15, -0.1) is 0 Å². The van der Waals surface area contributed by atoms with E-state index in [0.717, 1.165) is 0 Å². The molecule has 3 N–H and O–H groups in total. The Kier molecular flexibility index (Phi) is 2.86. The van der Waals surface area contributed by atoms with Crippen LogP contribution in [-0.2, 0) is 4.79 Å². The lowest BCUT2D eigenvalue weighted by atomic mass is 9.99. The Morgan fingerprint density at radius 1 is 1.38 bits per heavy atom. The van der Waals surface area contributed by atoms with Gasteiger partial charge in [0.2, 0.25) is 0 Å². The van der Waals surface area contributed by atoms with Crippen LogP contribution >= 0.6 is 0 Å². The molecule has 7 nitrogen and oxygen atoms in total. The number of rotatable bonds is 1. The van der Waals surface area contributed by atoms with Crippen molar-refractivity contribution in [1.29, 1.82) is 0 Å². The number of hydrogen-bond acceptors (Lipinski definition) is 4. The Bertz CT molecular complexity index is 658. The molecule has 3 rings (SSSR count). The number of benzene rings is 1. The first-order valence-electron chi connectivity index (χ1n) is 6.64. The largest absolute Gasteiger partial charge is 0.507 e. The molecule has 1 aromatic rings. The average Bonchev–Trinajstić information content (AvgIpc) is 2.97. The zero-order valence-electron chi connectivity index (χ0n) is 11.5. The molecule has 1 atom stereocenters. The van der Waals surface area contributed by atoms with Crippen molar-refractivity contribution in [2.45, 2.75) is 18.9 Å². The van der Waals surface area contributed by atoms with Crippen molar-refractivity contribution in [3.05, 3.63) is 29.3 Å². The normalized spacial score (nSPS) is 24.3. The van der Waals surface area contributed by atoms with Crippen LogP contribution in [0.25, 0.3) is 0 Å². The summed E-state index contributed by atoms with van der Waals surface area (Å²) in [4.78, 5) is 37.1. The fourth-order valence-corrected chi connectivity index (χ4v) is 2.80. The number of aryl methyl sites for hydroxylation is 1. The van der Waals surface area contributed by atoms with Crippen molar-refractivity contribution in [3.8, 4) is 5.75 Å². The van der Waals surface area contributed by atoms with Crippen LogP contribution in [0.1, 0.15) is 22.3 Å². The number of carbonyl (C=O) groups excluding carboxylic acids is 3. The van der Waals surface area contributed by atoms with Crippen molar-refractivity contribution in [2.75, 3.05) is 13.1 Å². The van der Waals surface area contributed by atoms with Gasteiger partial charge in [0.15, 0.2) is 0 Å². The van der Waals surface area contributed by atoms with Gasteiger partial charge in [-0.1, -0.05) is 12.1 Å². The molecule has 1 aromatic carbocycles. The number of amides is 4. The number of imide groups is 1. The predicted octanol–water partition coefficient (Wildman–Crippen LogP) is 0.125. The number of phenolic OH excluding ortho intramolecular Hbond substituents is 1. The average molecular weight is 289 g/mol. The first-order chi connectivity index (χ1) is 9.93. The van der Waals surface area contributed by atoms with Crippen LogP contribution in [0.3, 0.4) is 0 Å². The van der Waals surface area contributed by atoms with Gasteiger partial charge in [-0.05, 0) is 25.0 Å². The van der Waals surface area contributed by atoms with Crippen LogP contribution in [-0.4, -0.2) is 46.5 Å². The van der Waals surface area contributed by atoms with E-state index in [1.54, 1.807) is 25.1 Å². The van der Waals surface area contributed by atoms with Gasteiger partial charge in [0.05, 0.1) is 12.1 Å². The molecule has 0 radical (unpaired) electrons. The molecule has 2 aliphatic rings. The third-order valence-corrected chi connectivity index (χ3v) is 4.04. The third-order valence-electron chi connectivity index (χ3n) is 4.04. The number of hydrogen-bond donors (Lipinski definition) is 3. The van der Waals surface area contributed by atoms with Gasteiger partial charge < -0.3 is 15.3 Å². The Labute approximate surface area is 120 Å². The Balaban J connectivity index is 1.83. The second-order valence-corrected chi connectivity index (χ2v) is 5.44. The minimum absolute atomic E-state index is 0.0524. The molecular formula is C14H15N3O4. The molecule has 2 fully saturated rings. The molecule has 4 amide bonds. The summed E-state index contributed by atoms with van der Waals surface area (Å²) in [6.07, 6.45) is 0.364. The zero-order valence-corrected chi connectivity index (χ0v) is 11.5. The van der Waals surface area contributed by atoms with Gasteiger partial charge in [-0.3, -0.25) is 14.9 Å². The van der Waals surface area contributed by atoms with E-state index in [1.165, 1.54) is 4.90 Å². The second kappa shape index (κ2) is 4.47. The molecule has 0 bridgehead atoms. The number of para-hydroxylation sites is 1. The molecule has 1 spiro atoms. The van der Waals surface area contributed by atoms with Crippen LogP contribution < -0.4 is 10.6 Å². The second-order valence-electron chi connectivity index (χ2n) is 5.44. The minimum atomic E-state index is -1.04. The van der Waals surface area contributed by atoms with E-state index in [-0.39, 0.29) is 23.8 Å². The van der Waals surface area contributed by atoms with Crippen LogP contribution in [0.4, 0.5) is 4.79 Å². The summed E-state index contributed by atoms with van der Waals surface area (Å²) in [5.74, 6) is -0.804. The van der Waals surface area contributed by atoms with Gasteiger partial charge >= 0.3 is 6.03 Å². The molecule has 21 heavy (non-hydrogen) atoms. The number of nitrogens with one attached hydrogen (secondary N) is 2. The summed E-state index contributed by atoms with van der Waals surface area (Å²) in [5, 5.41) is 14.8. The van der Waals surface area contributed by atoms with Gasteiger partial charge in [-0.25, -0.2) is 4.79 Å². The maximum atomic E-state index is 12.5. The van der Waals surface area contributed by atoms with Gasteiger partial charge in [0.1, 0.15) is 11.3 Å². The summed E-state index contributed by atoms with van der Waals surface area (Å²) < 4.78 is 0. The van der Waals surface area contributed by atoms with Crippen molar-refractivity contribution >= 4 is 17.8 Å². The van der Waals surface area contributed by atoms with Crippen LogP contribution in [0.2, 0.25) is 0 Å². The Hall–Kier alpha value is -2.57. The number of aromatic hydroxyl groups is 1. The SMILES string of the molecule is Cc1cccc(C(=O)N2CCC3(C2)NC(=O)NC3=O)c1O. The molecule has 0 aliphatic carbocycles. The van der Waals surface area contributed by atoms with Crippen molar-refractivity contribution in [2.24, 2.45) is 0 Å². The minimum Gasteiger partial charge on any atom is -0.507 e. The van der Waals surface area contributed by atoms with Crippen LogP contribution in [0.15, 0.2) is 18.2 Å². The van der Waals surface area contributed by atoms with E-state index in [0.29, 0.717) is 18.5 Å². The summed E-state index contributed by atoms with van der Waals surface area (Å²) in [6, 6.07) is 4.41. The lowest BCUT2D eigenvalue weighted by Crippen LogP contribution is -2.49. The monoisotopic (exact) mass is 289 g/mol. The highest BCUT2D eigenvalue weighted by molar-refractivity contribution is 6.08. The quantitative estimate of drug-likeness (QED) is 0.640. The zero-order chi connectivity index (χ0) is 15.2. The van der Waals surface area contributed by atoms with Gasteiger partial charge in [0.25, 0.3) is 11.8 Å². The number of urea groups is 1. The first kappa shape index (κ1) is 13.4. The van der Waals surface area contributed by atoms with Crippen LogP contribution in [0, 0.1) is 6.92 Å². The number of carbonyl (C=O) groups is 3. The van der Waals surface area contributed by atoms with E-state index in [1.807, 2.05) is 0 Å². The summed E-state index contributed by atoms with van der Waals surface area (Å²) in [7, 11) is 0. The van der Waals surface area contributed by atoms with E-state index in [4.69, 9.17) is 0 Å². The Morgan fingerprint density at radius 3 is 2.81 bits per heavy atom. The molecular weight excluding hydrogens is 274 g/mol. The van der Waals surface area contributed by atoms with Gasteiger partial charge in [-0.2, -0.15) is 0 Å². The topological polar surface area (TPSA) is 98.7 Å². The van der Waals surface area contributed by atoms with E-state index in [2.05, 4.69) is 10.6 Å². The Morgan fingerprint density at radius 2 is 2.14 bits per heavy atom. The van der Waals surface area contributed by atoms with E-state index < -0.39 is 17.5 Å². The van der Waals surface area contributed by atoms with Gasteiger partial charge in [0, 0.05) is 6.54 Å². The lowest BCUT2D eigenvalue weighted by Gasteiger charge is -2.21. The summed E-state index contributed by atoms with van der Waals surface area (Å²) >= 11 is 0. The maximum Gasteiger partial charge on any atom is 0.322 e. The molecule has 2 saturated heterocycles. The maximum absolute atomic E-state index is 12.5. The van der Waals surface area contributed by atoms with E-state index in [9.17, 15) is 19.5 Å². The number of likely N-dealkylation sites (tertiary alicyclic amines) is 1. The van der Waals surface area contributed by atoms with Crippen molar-refractivity contribution in [3.63, 3.8) is 0 Å². The molecule has 0 aromatic heterocycles. The van der Waals surface area contributed by atoms with Crippen molar-refractivity contribution in [1.82, 2.24) is 15.5 Å². The number of nitrogens with zero attached hydrogens (tertiary/aromatic N) is 1. The molecule has 2 heterocycles. The summed E-state index contributed by atoms with van der Waals surface area (Å²) in [6.45, 7) is 2.17. The lowest BCUT2D eigenvalue weighted by molar-refractivity contribution is -0.123. The standard InChI is InChI=1S/C14H15N3O4/c1-8-3-2-4-9(10(8)18)11(19)17-6-5-14(7-17)12(20)15-13(21)16-14/h2-4,18H,5-7H2,1H3,(H2,15,16,20,21). The summed E-state index contributed by atoms with van der Waals surface area (Å²) in [5.41, 5.74) is -0.218. The highest BCUT2D eigenvalue weighted by atomic mass is 16.3. The fourth-order valence-electron chi connectivity index (χ4n) is 2.80. The van der Waals surface area contributed by atoms with E-state index >= 15 is 0 Å². The number of phenols is 1. The third kappa shape index (κ3) is 2.01. The molecule has 110 valence electrons. The first-order valence-corrected chi connectivity index (χ1v) is 6.64. The predicted molar refractivity (Wildman–Crippen MR) is 72.8 cm³/mol. The highest BCUT2D eigenvalue weighted by Crippen LogP contribution is 2.29. The highest BCUT2D eigenvalue weighted by Gasteiger charge is 2.51. The van der Waals surface area contributed by atoms with Crippen LogP contribution in [0.5, 0.6) is 5.75 Å². The smallest absolute Gasteiger partial charge is 0.322 e. The molecule has 0 saturated carbocycles.